The summed E-state index contributed by atoms with van der Waals surface area (Å²) in [5, 5.41) is 3.90. The lowest BCUT2D eigenvalue weighted by Crippen LogP contribution is -2.34. The summed E-state index contributed by atoms with van der Waals surface area (Å²) in [6.07, 6.45) is 5.77. The second kappa shape index (κ2) is 8.76. The Balaban J connectivity index is 0.00000192. The van der Waals surface area contributed by atoms with Crippen molar-refractivity contribution >= 4 is 29.9 Å². The number of carbonyl (C=O) groups excluding carboxylic acids is 1. The summed E-state index contributed by atoms with van der Waals surface area (Å²) in [4.78, 5) is 14.8. The van der Waals surface area contributed by atoms with E-state index < -0.39 is 0 Å². The van der Waals surface area contributed by atoms with Gasteiger partial charge in [-0.25, -0.2) is 0 Å². The summed E-state index contributed by atoms with van der Waals surface area (Å²) in [6, 6.07) is 5.38. The topological polar surface area (TPSA) is 41.6 Å². The van der Waals surface area contributed by atoms with E-state index in [4.69, 9.17) is 16.3 Å². The molecule has 23 heavy (non-hydrogen) atoms. The molecule has 0 bridgehead atoms. The predicted molar refractivity (Wildman–Crippen MR) is 95.0 cm³/mol. The van der Waals surface area contributed by atoms with E-state index in [-0.39, 0.29) is 24.4 Å². The number of ether oxygens (including phenoxy) is 1. The van der Waals surface area contributed by atoms with Gasteiger partial charge in [-0.2, -0.15) is 0 Å². The maximum absolute atomic E-state index is 12.9. The van der Waals surface area contributed by atoms with Crippen molar-refractivity contribution in [3.63, 3.8) is 0 Å². The first-order valence-electron chi connectivity index (χ1n) is 8.20. The molecule has 1 aliphatic carbocycles. The Morgan fingerprint density at radius 1 is 1.17 bits per heavy atom. The maximum atomic E-state index is 12.9. The summed E-state index contributed by atoms with van der Waals surface area (Å²) in [7, 11) is 0. The van der Waals surface area contributed by atoms with E-state index in [2.05, 4.69) is 5.32 Å². The Morgan fingerprint density at radius 3 is 2.74 bits per heavy atom. The minimum absolute atomic E-state index is 0. The van der Waals surface area contributed by atoms with Gasteiger partial charge in [-0.05, 0) is 56.8 Å². The Morgan fingerprint density at radius 2 is 1.96 bits per heavy atom. The monoisotopic (exact) mass is 358 g/mol. The van der Waals surface area contributed by atoms with Gasteiger partial charge in [0.2, 0.25) is 0 Å². The molecule has 1 saturated carbocycles. The number of rotatable bonds is 3. The SMILES string of the molecule is Cl.O=C(c1cc(Cl)ccc1OC1CCCC1)N1CCCNCC1. The van der Waals surface area contributed by atoms with Crippen LogP contribution in [0, 0.1) is 0 Å². The van der Waals surface area contributed by atoms with Crippen molar-refractivity contribution in [1.29, 1.82) is 0 Å². The van der Waals surface area contributed by atoms with Gasteiger partial charge >= 0.3 is 0 Å². The molecule has 1 heterocycles. The van der Waals surface area contributed by atoms with E-state index >= 15 is 0 Å². The van der Waals surface area contributed by atoms with Gasteiger partial charge in [-0.3, -0.25) is 4.79 Å². The molecule has 128 valence electrons. The van der Waals surface area contributed by atoms with Crippen LogP contribution in [0.25, 0.3) is 0 Å². The van der Waals surface area contributed by atoms with E-state index in [1.165, 1.54) is 12.8 Å². The van der Waals surface area contributed by atoms with Crippen LogP contribution in [-0.4, -0.2) is 43.1 Å². The van der Waals surface area contributed by atoms with Crippen molar-refractivity contribution in [3.05, 3.63) is 28.8 Å². The van der Waals surface area contributed by atoms with Crippen LogP contribution < -0.4 is 10.1 Å². The number of nitrogens with one attached hydrogen (secondary N) is 1. The van der Waals surface area contributed by atoms with E-state index in [0.29, 0.717) is 16.3 Å². The second-order valence-electron chi connectivity index (χ2n) is 6.06. The molecule has 0 radical (unpaired) electrons. The van der Waals surface area contributed by atoms with Crippen LogP contribution in [0.15, 0.2) is 18.2 Å². The van der Waals surface area contributed by atoms with Crippen LogP contribution in [0.2, 0.25) is 5.02 Å². The number of benzene rings is 1. The highest BCUT2D eigenvalue weighted by Gasteiger charge is 2.24. The highest BCUT2D eigenvalue weighted by molar-refractivity contribution is 6.31. The molecule has 1 N–H and O–H groups in total. The average Bonchev–Trinajstić information content (AvgIpc) is 2.88. The minimum atomic E-state index is 0. The lowest BCUT2D eigenvalue weighted by molar-refractivity contribution is 0.0759. The molecule has 1 saturated heterocycles. The van der Waals surface area contributed by atoms with Crippen molar-refractivity contribution in [2.24, 2.45) is 0 Å². The van der Waals surface area contributed by atoms with Gasteiger partial charge in [0.15, 0.2) is 0 Å². The Kier molecular flexibility index (Phi) is 7.00. The molecule has 0 spiro atoms. The molecule has 1 amide bonds. The van der Waals surface area contributed by atoms with Crippen LogP contribution >= 0.6 is 24.0 Å². The molecule has 2 aliphatic rings. The zero-order chi connectivity index (χ0) is 15.4. The fourth-order valence-corrected chi connectivity index (χ4v) is 3.35. The van der Waals surface area contributed by atoms with Crippen LogP contribution in [0.5, 0.6) is 5.75 Å². The lowest BCUT2D eigenvalue weighted by atomic mass is 10.1. The standard InChI is InChI=1S/C17H23ClN2O2.ClH/c18-13-6-7-16(22-14-4-1-2-5-14)15(12-13)17(21)20-10-3-8-19-9-11-20;/h6-7,12,14,19H,1-5,8-11H2;1H. The average molecular weight is 359 g/mol. The number of carbonyl (C=O) groups is 1. The third-order valence-electron chi connectivity index (χ3n) is 4.40. The molecule has 0 unspecified atom stereocenters. The number of amides is 1. The van der Waals surface area contributed by atoms with E-state index in [1.807, 2.05) is 11.0 Å². The summed E-state index contributed by atoms with van der Waals surface area (Å²) in [5.74, 6) is 0.706. The number of hydrogen-bond acceptors (Lipinski definition) is 3. The predicted octanol–water partition coefficient (Wildman–Crippen LogP) is 3.52. The third kappa shape index (κ3) is 4.75. The zero-order valence-electron chi connectivity index (χ0n) is 13.2. The number of nitrogens with zero attached hydrogens (tertiary/aromatic N) is 1. The van der Waals surface area contributed by atoms with Crippen molar-refractivity contribution in [2.75, 3.05) is 26.2 Å². The molecule has 4 nitrogen and oxygen atoms in total. The van der Waals surface area contributed by atoms with Crippen LogP contribution in [-0.2, 0) is 0 Å². The van der Waals surface area contributed by atoms with Gasteiger partial charge in [-0.15, -0.1) is 12.4 Å². The molecular weight excluding hydrogens is 335 g/mol. The van der Waals surface area contributed by atoms with Crippen molar-refractivity contribution < 1.29 is 9.53 Å². The normalized spacial score (nSPS) is 19.1. The first-order valence-corrected chi connectivity index (χ1v) is 8.58. The van der Waals surface area contributed by atoms with Crippen molar-refractivity contribution in [2.45, 2.75) is 38.2 Å². The van der Waals surface area contributed by atoms with Gasteiger partial charge in [0.1, 0.15) is 5.75 Å². The van der Waals surface area contributed by atoms with Gasteiger partial charge in [0, 0.05) is 24.7 Å². The fraction of sp³-hybridized carbons (Fsp3) is 0.588. The maximum Gasteiger partial charge on any atom is 0.257 e. The molecule has 1 aliphatic heterocycles. The molecule has 3 rings (SSSR count). The first kappa shape index (κ1) is 18.4. The quantitative estimate of drug-likeness (QED) is 0.898. The van der Waals surface area contributed by atoms with Crippen LogP contribution in [0.1, 0.15) is 42.5 Å². The van der Waals surface area contributed by atoms with E-state index in [9.17, 15) is 4.79 Å². The van der Waals surface area contributed by atoms with Gasteiger partial charge < -0.3 is 15.0 Å². The number of halogens is 2. The summed E-state index contributed by atoms with van der Waals surface area (Å²) in [6.45, 7) is 3.31. The first-order chi connectivity index (χ1) is 10.7. The van der Waals surface area contributed by atoms with E-state index in [1.54, 1.807) is 12.1 Å². The molecule has 6 heteroatoms. The fourth-order valence-electron chi connectivity index (χ4n) is 3.18. The van der Waals surface area contributed by atoms with Gasteiger partial charge in [0.05, 0.1) is 11.7 Å². The summed E-state index contributed by atoms with van der Waals surface area (Å²) >= 11 is 6.11. The molecule has 0 aromatic heterocycles. The molecule has 1 aromatic rings. The van der Waals surface area contributed by atoms with Crippen molar-refractivity contribution in [1.82, 2.24) is 10.2 Å². The Labute approximate surface area is 148 Å². The summed E-state index contributed by atoms with van der Waals surface area (Å²) < 4.78 is 6.08. The number of hydrogen-bond donors (Lipinski definition) is 1. The van der Waals surface area contributed by atoms with Gasteiger partial charge in [0.25, 0.3) is 5.91 Å². The molecule has 2 fully saturated rings. The second-order valence-corrected chi connectivity index (χ2v) is 6.50. The Bertz CT molecular complexity index is 525. The smallest absolute Gasteiger partial charge is 0.257 e. The Hall–Kier alpha value is -0.970. The highest BCUT2D eigenvalue weighted by atomic mass is 35.5. The minimum Gasteiger partial charge on any atom is -0.490 e. The largest absolute Gasteiger partial charge is 0.490 e. The zero-order valence-corrected chi connectivity index (χ0v) is 14.8. The lowest BCUT2D eigenvalue weighted by Gasteiger charge is -2.23. The molecular formula is C17H24Cl2N2O2. The van der Waals surface area contributed by atoms with E-state index in [0.717, 1.165) is 45.4 Å². The van der Waals surface area contributed by atoms with Crippen LogP contribution in [0.3, 0.4) is 0 Å². The van der Waals surface area contributed by atoms with Crippen molar-refractivity contribution in [3.8, 4) is 5.75 Å². The highest BCUT2D eigenvalue weighted by Crippen LogP contribution is 2.29. The molecule has 1 aromatic carbocycles. The molecule has 0 atom stereocenters. The van der Waals surface area contributed by atoms with Crippen LogP contribution in [0.4, 0.5) is 0 Å². The van der Waals surface area contributed by atoms with Gasteiger partial charge in [-0.1, -0.05) is 11.6 Å². The summed E-state index contributed by atoms with van der Waals surface area (Å²) in [5.41, 5.74) is 0.598. The third-order valence-corrected chi connectivity index (χ3v) is 4.63.